The molecule has 0 bridgehead atoms. The topological polar surface area (TPSA) is 57.7 Å². The number of ether oxygens (including phenoxy) is 3. The van der Waals surface area contributed by atoms with Crippen molar-refractivity contribution in [2.75, 3.05) is 13.7 Å². The Morgan fingerprint density at radius 3 is 2.45 bits per heavy atom. The minimum absolute atomic E-state index is 0.264. The highest BCUT2D eigenvalue weighted by atomic mass is 16.6. The second kappa shape index (κ2) is 10.7. The van der Waals surface area contributed by atoms with Crippen LogP contribution in [0.3, 0.4) is 0 Å². The van der Waals surface area contributed by atoms with Gasteiger partial charge in [-0.15, -0.1) is 0 Å². The third kappa shape index (κ3) is 6.50. The number of aromatic nitrogens is 1. The van der Waals surface area contributed by atoms with Crippen LogP contribution in [0.2, 0.25) is 0 Å². The SMILES string of the molecule is COc1cc(/C=C/c2ccncc2)ccc1OC(=O)CCCOc1ccccc1. The summed E-state index contributed by atoms with van der Waals surface area (Å²) in [6.07, 6.45) is 8.27. The van der Waals surface area contributed by atoms with Crippen LogP contribution < -0.4 is 14.2 Å². The average molecular weight is 389 g/mol. The van der Waals surface area contributed by atoms with Crippen LogP contribution in [0.25, 0.3) is 12.2 Å². The zero-order chi connectivity index (χ0) is 20.3. The van der Waals surface area contributed by atoms with Gasteiger partial charge in [0.05, 0.1) is 13.7 Å². The zero-order valence-corrected chi connectivity index (χ0v) is 16.3. The lowest BCUT2D eigenvalue weighted by Crippen LogP contribution is -2.10. The second-order valence-corrected chi connectivity index (χ2v) is 6.26. The van der Waals surface area contributed by atoms with Crippen LogP contribution in [0, 0.1) is 0 Å². The summed E-state index contributed by atoms with van der Waals surface area (Å²) in [6, 6.07) is 18.8. The van der Waals surface area contributed by atoms with Crippen LogP contribution in [0.4, 0.5) is 0 Å². The van der Waals surface area contributed by atoms with Gasteiger partial charge in [-0.05, 0) is 53.9 Å². The summed E-state index contributed by atoms with van der Waals surface area (Å²) in [5.41, 5.74) is 1.99. The number of para-hydroxylation sites is 1. The van der Waals surface area contributed by atoms with Crippen molar-refractivity contribution < 1.29 is 19.0 Å². The minimum Gasteiger partial charge on any atom is -0.494 e. The van der Waals surface area contributed by atoms with E-state index in [-0.39, 0.29) is 12.4 Å². The Balaban J connectivity index is 1.51. The monoisotopic (exact) mass is 389 g/mol. The fraction of sp³-hybridized carbons (Fsp3) is 0.167. The third-order valence-corrected chi connectivity index (χ3v) is 4.12. The first-order valence-corrected chi connectivity index (χ1v) is 9.39. The van der Waals surface area contributed by atoms with E-state index >= 15 is 0 Å². The molecule has 0 N–H and O–H groups in total. The lowest BCUT2D eigenvalue weighted by atomic mass is 10.1. The summed E-state index contributed by atoms with van der Waals surface area (Å²) in [6.45, 7) is 0.453. The number of carbonyl (C=O) groups is 1. The van der Waals surface area contributed by atoms with Crippen molar-refractivity contribution in [2.24, 2.45) is 0 Å². The smallest absolute Gasteiger partial charge is 0.311 e. The summed E-state index contributed by atoms with van der Waals surface area (Å²) in [5, 5.41) is 0. The molecule has 5 nitrogen and oxygen atoms in total. The number of hydrogen-bond donors (Lipinski definition) is 0. The van der Waals surface area contributed by atoms with Crippen molar-refractivity contribution in [1.82, 2.24) is 4.98 Å². The van der Waals surface area contributed by atoms with Gasteiger partial charge >= 0.3 is 5.97 Å². The van der Waals surface area contributed by atoms with Crippen LogP contribution in [0.5, 0.6) is 17.2 Å². The molecule has 2 aromatic carbocycles. The molecule has 148 valence electrons. The standard InChI is InChI=1S/C24H23NO4/c1-27-23-18-20(10-9-19-13-15-25-16-14-19)11-12-22(23)29-24(26)8-5-17-28-21-6-3-2-4-7-21/h2-4,6-7,9-16,18H,5,8,17H2,1H3/b10-9+. The molecule has 0 aliphatic carbocycles. The number of carbonyl (C=O) groups excluding carboxylic acids is 1. The number of benzene rings is 2. The molecule has 0 aliphatic heterocycles. The quantitative estimate of drug-likeness (QED) is 0.292. The number of hydrogen-bond acceptors (Lipinski definition) is 5. The van der Waals surface area contributed by atoms with Gasteiger partial charge in [0, 0.05) is 18.8 Å². The largest absolute Gasteiger partial charge is 0.494 e. The first-order chi connectivity index (χ1) is 14.2. The van der Waals surface area contributed by atoms with E-state index in [1.807, 2.05) is 66.7 Å². The number of nitrogens with zero attached hydrogens (tertiary/aromatic N) is 1. The second-order valence-electron chi connectivity index (χ2n) is 6.26. The predicted octanol–water partition coefficient (Wildman–Crippen LogP) is 5.03. The van der Waals surface area contributed by atoms with Crippen molar-refractivity contribution in [3.63, 3.8) is 0 Å². The van der Waals surface area contributed by atoms with Gasteiger partial charge in [-0.3, -0.25) is 9.78 Å². The molecule has 0 aliphatic rings. The molecule has 0 saturated heterocycles. The van der Waals surface area contributed by atoms with Gasteiger partial charge in [-0.1, -0.05) is 36.4 Å². The molecule has 1 heterocycles. The van der Waals surface area contributed by atoms with Gasteiger partial charge in [-0.2, -0.15) is 0 Å². The van der Waals surface area contributed by atoms with Gasteiger partial charge in [0.1, 0.15) is 5.75 Å². The van der Waals surface area contributed by atoms with Crippen molar-refractivity contribution in [1.29, 1.82) is 0 Å². The summed E-state index contributed by atoms with van der Waals surface area (Å²) in [5.74, 6) is 1.39. The Labute approximate surface area is 170 Å². The van der Waals surface area contributed by atoms with E-state index in [0.29, 0.717) is 24.5 Å². The van der Waals surface area contributed by atoms with Gasteiger partial charge in [0.25, 0.3) is 0 Å². The van der Waals surface area contributed by atoms with Gasteiger partial charge < -0.3 is 14.2 Å². The highest BCUT2D eigenvalue weighted by molar-refractivity contribution is 5.75. The fourth-order valence-corrected chi connectivity index (χ4v) is 2.64. The van der Waals surface area contributed by atoms with E-state index < -0.39 is 0 Å². The van der Waals surface area contributed by atoms with E-state index in [1.54, 1.807) is 25.6 Å². The van der Waals surface area contributed by atoms with Crippen LogP contribution in [0.1, 0.15) is 24.0 Å². The average Bonchev–Trinajstić information content (AvgIpc) is 2.77. The van der Waals surface area contributed by atoms with Crippen molar-refractivity contribution in [3.8, 4) is 17.2 Å². The molecule has 0 unspecified atom stereocenters. The van der Waals surface area contributed by atoms with Crippen LogP contribution in [0.15, 0.2) is 73.1 Å². The van der Waals surface area contributed by atoms with Crippen molar-refractivity contribution in [2.45, 2.75) is 12.8 Å². The first-order valence-electron chi connectivity index (χ1n) is 9.39. The van der Waals surface area contributed by atoms with Crippen LogP contribution in [-0.2, 0) is 4.79 Å². The molecule has 3 rings (SSSR count). The number of pyridine rings is 1. The van der Waals surface area contributed by atoms with E-state index in [9.17, 15) is 4.79 Å². The Bertz CT molecular complexity index is 940. The molecule has 0 saturated carbocycles. The predicted molar refractivity (Wildman–Crippen MR) is 113 cm³/mol. The normalized spacial score (nSPS) is 10.7. The molecule has 29 heavy (non-hydrogen) atoms. The Morgan fingerprint density at radius 1 is 0.931 bits per heavy atom. The lowest BCUT2D eigenvalue weighted by molar-refractivity contribution is -0.134. The van der Waals surface area contributed by atoms with Gasteiger partial charge in [0.15, 0.2) is 11.5 Å². The maximum absolute atomic E-state index is 12.1. The fourth-order valence-electron chi connectivity index (χ4n) is 2.64. The van der Waals surface area contributed by atoms with E-state index in [4.69, 9.17) is 14.2 Å². The van der Waals surface area contributed by atoms with Crippen LogP contribution in [-0.4, -0.2) is 24.7 Å². The maximum atomic E-state index is 12.1. The molecular weight excluding hydrogens is 366 g/mol. The molecule has 0 amide bonds. The molecule has 1 aromatic heterocycles. The summed E-state index contributed by atoms with van der Waals surface area (Å²) >= 11 is 0. The molecular formula is C24H23NO4. The highest BCUT2D eigenvalue weighted by Gasteiger charge is 2.10. The summed E-state index contributed by atoms with van der Waals surface area (Å²) in [4.78, 5) is 16.1. The molecule has 0 fully saturated rings. The van der Waals surface area contributed by atoms with Gasteiger partial charge in [-0.25, -0.2) is 0 Å². The van der Waals surface area contributed by atoms with Crippen LogP contribution >= 0.6 is 0 Å². The Morgan fingerprint density at radius 2 is 1.69 bits per heavy atom. The highest BCUT2D eigenvalue weighted by Crippen LogP contribution is 2.29. The van der Waals surface area contributed by atoms with E-state index in [0.717, 1.165) is 16.9 Å². The van der Waals surface area contributed by atoms with Gasteiger partial charge in [0.2, 0.25) is 0 Å². The summed E-state index contributed by atoms with van der Waals surface area (Å²) in [7, 11) is 1.55. The first kappa shape index (κ1) is 20.1. The maximum Gasteiger partial charge on any atom is 0.311 e. The Hall–Kier alpha value is -3.60. The van der Waals surface area contributed by atoms with E-state index in [1.165, 1.54) is 0 Å². The Kier molecular flexibility index (Phi) is 7.41. The zero-order valence-electron chi connectivity index (χ0n) is 16.3. The minimum atomic E-state index is -0.319. The number of methoxy groups -OCH3 is 1. The number of esters is 1. The lowest BCUT2D eigenvalue weighted by Gasteiger charge is -2.10. The molecule has 0 spiro atoms. The third-order valence-electron chi connectivity index (χ3n) is 4.12. The van der Waals surface area contributed by atoms with Crippen molar-refractivity contribution in [3.05, 3.63) is 84.2 Å². The molecule has 5 heteroatoms. The molecule has 0 radical (unpaired) electrons. The van der Waals surface area contributed by atoms with Crippen molar-refractivity contribution >= 4 is 18.1 Å². The molecule has 3 aromatic rings. The number of rotatable bonds is 9. The molecule has 0 atom stereocenters. The van der Waals surface area contributed by atoms with E-state index in [2.05, 4.69) is 4.98 Å². The summed E-state index contributed by atoms with van der Waals surface area (Å²) < 4.78 is 16.4.